The molecule has 1 aliphatic rings. The van der Waals surface area contributed by atoms with Crippen molar-refractivity contribution >= 4 is 11.7 Å². The Morgan fingerprint density at radius 3 is 3.07 bits per heavy atom. The summed E-state index contributed by atoms with van der Waals surface area (Å²) in [5.41, 5.74) is 7.52. The zero-order valence-electron chi connectivity index (χ0n) is 7.87. The Bertz CT molecular complexity index is 387. The number of hydrogen-bond acceptors (Lipinski definition) is 4. The maximum absolute atomic E-state index is 11.3. The Kier molecular flexibility index (Phi) is 2.04. The molecule has 1 aromatic rings. The van der Waals surface area contributed by atoms with Gasteiger partial charge in [0.25, 0.3) is 0 Å². The van der Waals surface area contributed by atoms with Crippen LogP contribution in [-0.4, -0.2) is 19.7 Å². The lowest BCUT2D eigenvalue weighted by molar-refractivity contribution is 0.0602. The molecule has 0 aliphatic carbocycles. The average Bonchev–Trinajstić information content (AvgIpc) is 2.62. The van der Waals surface area contributed by atoms with Crippen molar-refractivity contribution in [3.8, 4) is 5.75 Å². The highest BCUT2D eigenvalue weighted by Gasteiger charge is 2.18. The molecule has 14 heavy (non-hydrogen) atoms. The van der Waals surface area contributed by atoms with Crippen molar-refractivity contribution < 1.29 is 14.3 Å². The lowest BCUT2D eigenvalue weighted by Gasteiger charge is -2.06. The van der Waals surface area contributed by atoms with Crippen LogP contribution in [0.5, 0.6) is 5.75 Å². The van der Waals surface area contributed by atoms with Gasteiger partial charge in [-0.05, 0) is 11.6 Å². The third kappa shape index (κ3) is 1.28. The number of anilines is 1. The van der Waals surface area contributed by atoms with Crippen LogP contribution in [0.4, 0.5) is 5.69 Å². The molecule has 0 saturated heterocycles. The maximum atomic E-state index is 11.3. The van der Waals surface area contributed by atoms with E-state index in [0.717, 1.165) is 17.7 Å². The predicted molar refractivity (Wildman–Crippen MR) is 51.4 cm³/mol. The largest absolute Gasteiger partial charge is 0.493 e. The fourth-order valence-electron chi connectivity index (χ4n) is 1.53. The minimum absolute atomic E-state index is 0.400. The fourth-order valence-corrected chi connectivity index (χ4v) is 1.53. The number of ether oxygens (including phenoxy) is 2. The van der Waals surface area contributed by atoms with E-state index in [0.29, 0.717) is 17.9 Å². The summed E-state index contributed by atoms with van der Waals surface area (Å²) >= 11 is 0. The van der Waals surface area contributed by atoms with Crippen LogP contribution >= 0.6 is 0 Å². The number of fused-ring (bicyclic) bond motifs is 1. The Balaban J connectivity index is 2.47. The topological polar surface area (TPSA) is 61.5 Å². The SMILES string of the molecule is COC(=O)c1cc2c(cc1N)OCC2. The van der Waals surface area contributed by atoms with E-state index in [1.54, 1.807) is 12.1 Å². The Morgan fingerprint density at radius 2 is 2.36 bits per heavy atom. The molecule has 74 valence electrons. The number of benzene rings is 1. The first kappa shape index (κ1) is 8.87. The highest BCUT2D eigenvalue weighted by atomic mass is 16.5. The number of rotatable bonds is 1. The molecule has 0 atom stereocenters. The van der Waals surface area contributed by atoms with Crippen LogP contribution in [0.1, 0.15) is 15.9 Å². The molecule has 1 aromatic carbocycles. The second-order valence-corrected chi connectivity index (χ2v) is 3.14. The molecule has 1 aliphatic heterocycles. The van der Waals surface area contributed by atoms with Crippen LogP contribution in [0.25, 0.3) is 0 Å². The Labute approximate surface area is 81.6 Å². The molecule has 0 aromatic heterocycles. The molecule has 0 radical (unpaired) electrons. The van der Waals surface area contributed by atoms with Crippen LogP contribution < -0.4 is 10.5 Å². The summed E-state index contributed by atoms with van der Waals surface area (Å²) in [6, 6.07) is 3.41. The first-order valence-corrected chi connectivity index (χ1v) is 4.36. The van der Waals surface area contributed by atoms with E-state index in [1.165, 1.54) is 7.11 Å². The predicted octanol–water partition coefficient (Wildman–Crippen LogP) is 0.990. The van der Waals surface area contributed by atoms with Crippen molar-refractivity contribution in [2.45, 2.75) is 6.42 Å². The van der Waals surface area contributed by atoms with Crippen molar-refractivity contribution in [2.24, 2.45) is 0 Å². The van der Waals surface area contributed by atoms with Gasteiger partial charge in [0.15, 0.2) is 0 Å². The van der Waals surface area contributed by atoms with Crippen LogP contribution in [0, 0.1) is 0 Å². The molecule has 2 rings (SSSR count). The number of nitrogens with two attached hydrogens (primary N) is 1. The van der Waals surface area contributed by atoms with E-state index in [2.05, 4.69) is 4.74 Å². The van der Waals surface area contributed by atoms with E-state index in [9.17, 15) is 4.79 Å². The van der Waals surface area contributed by atoms with E-state index >= 15 is 0 Å². The van der Waals surface area contributed by atoms with Crippen molar-refractivity contribution in [3.63, 3.8) is 0 Å². The molecular weight excluding hydrogens is 182 g/mol. The average molecular weight is 193 g/mol. The van der Waals surface area contributed by atoms with Gasteiger partial charge < -0.3 is 15.2 Å². The van der Waals surface area contributed by atoms with Gasteiger partial charge in [-0.1, -0.05) is 0 Å². The van der Waals surface area contributed by atoms with Gasteiger partial charge >= 0.3 is 5.97 Å². The van der Waals surface area contributed by atoms with E-state index in [1.807, 2.05) is 0 Å². The van der Waals surface area contributed by atoms with Crippen molar-refractivity contribution in [3.05, 3.63) is 23.3 Å². The second-order valence-electron chi connectivity index (χ2n) is 3.14. The van der Waals surface area contributed by atoms with Crippen molar-refractivity contribution in [1.29, 1.82) is 0 Å². The van der Waals surface area contributed by atoms with E-state index in [4.69, 9.17) is 10.5 Å². The van der Waals surface area contributed by atoms with Gasteiger partial charge in [0.2, 0.25) is 0 Å². The van der Waals surface area contributed by atoms with Gasteiger partial charge in [-0.25, -0.2) is 4.79 Å². The molecule has 0 bridgehead atoms. The third-order valence-corrected chi connectivity index (χ3v) is 2.27. The van der Waals surface area contributed by atoms with E-state index < -0.39 is 5.97 Å². The van der Waals surface area contributed by atoms with Gasteiger partial charge in [-0.3, -0.25) is 0 Å². The highest BCUT2D eigenvalue weighted by Crippen LogP contribution is 2.30. The van der Waals surface area contributed by atoms with Gasteiger partial charge in [0, 0.05) is 18.2 Å². The number of carbonyl (C=O) groups is 1. The first-order chi connectivity index (χ1) is 6.72. The van der Waals surface area contributed by atoms with Crippen molar-refractivity contribution in [2.75, 3.05) is 19.5 Å². The standard InChI is InChI=1S/C10H11NO3/c1-13-10(12)7-4-6-2-3-14-9(6)5-8(7)11/h4-5H,2-3,11H2,1H3. The summed E-state index contributed by atoms with van der Waals surface area (Å²) < 4.78 is 9.93. The normalized spacial score (nSPS) is 13.2. The smallest absolute Gasteiger partial charge is 0.339 e. The van der Waals surface area contributed by atoms with Crippen molar-refractivity contribution in [1.82, 2.24) is 0 Å². The van der Waals surface area contributed by atoms with Crippen LogP contribution in [0.3, 0.4) is 0 Å². The summed E-state index contributed by atoms with van der Waals surface area (Å²) in [6.07, 6.45) is 0.819. The van der Waals surface area contributed by atoms with Gasteiger partial charge in [0.05, 0.1) is 19.3 Å². The highest BCUT2D eigenvalue weighted by molar-refractivity contribution is 5.95. The molecular formula is C10H11NO3. The number of nitrogen functional groups attached to an aromatic ring is 1. The maximum Gasteiger partial charge on any atom is 0.339 e. The molecule has 0 spiro atoms. The summed E-state index contributed by atoms with van der Waals surface area (Å²) in [5.74, 6) is 0.368. The fraction of sp³-hybridized carbons (Fsp3) is 0.300. The first-order valence-electron chi connectivity index (χ1n) is 4.36. The molecule has 0 fully saturated rings. The monoisotopic (exact) mass is 193 g/mol. The summed E-state index contributed by atoms with van der Waals surface area (Å²) in [7, 11) is 1.34. The molecule has 0 saturated carbocycles. The van der Waals surface area contributed by atoms with E-state index in [-0.39, 0.29) is 0 Å². The summed E-state index contributed by atoms with van der Waals surface area (Å²) in [6.45, 7) is 0.652. The molecule has 1 heterocycles. The van der Waals surface area contributed by atoms with Crippen LogP contribution in [-0.2, 0) is 11.2 Å². The molecule has 0 unspecified atom stereocenters. The summed E-state index contributed by atoms with van der Waals surface area (Å²) in [5, 5.41) is 0. The second kappa shape index (κ2) is 3.21. The number of esters is 1. The molecule has 2 N–H and O–H groups in total. The minimum atomic E-state index is -0.405. The van der Waals surface area contributed by atoms with Gasteiger partial charge in [-0.15, -0.1) is 0 Å². The molecule has 4 nitrogen and oxygen atoms in total. The van der Waals surface area contributed by atoms with Gasteiger partial charge in [0.1, 0.15) is 5.75 Å². The minimum Gasteiger partial charge on any atom is -0.493 e. The quantitative estimate of drug-likeness (QED) is 0.533. The Hall–Kier alpha value is -1.71. The zero-order chi connectivity index (χ0) is 10.1. The number of carbonyl (C=O) groups excluding carboxylic acids is 1. The summed E-state index contributed by atoms with van der Waals surface area (Å²) in [4.78, 5) is 11.3. The lowest BCUT2D eigenvalue weighted by atomic mass is 10.1. The zero-order valence-corrected chi connectivity index (χ0v) is 7.87. The number of hydrogen-bond donors (Lipinski definition) is 1. The van der Waals surface area contributed by atoms with Gasteiger partial charge in [-0.2, -0.15) is 0 Å². The molecule has 4 heteroatoms. The Morgan fingerprint density at radius 1 is 1.57 bits per heavy atom. The lowest BCUT2D eigenvalue weighted by Crippen LogP contribution is -2.05. The van der Waals surface area contributed by atoms with Crippen LogP contribution in [0.15, 0.2) is 12.1 Å². The third-order valence-electron chi connectivity index (χ3n) is 2.27. The number of methoxy groups -OCH3 is 1. The molecule has 0 amide bonds. The van der Waals surface area contributed by atoms with Crippen LogP contribution in [0.2, 0.25) is 0 Å².